The highest BCUT2D eigenvalue weighted by atomic mass is 16.5. The molecule has 0 spiro atoms. The lowest BCUT2D eigenvalue weighted by Crippen LogP contribution is -2.45. The summed E-state index contributed by atoms with van der Waals surface area (Å²) in [4.78, 5) is 13.3. The van der Waals surface area contributed by atoms with Crippen molar-refractivity contribution in [3.05, 3.63) is 35.9 Å². The summed E-state index contributed by atoms with van der Waals surface area (Å²) in [5.41, 5.74) is 1.98. The number of rotatable bonds is 12. The number of benzene rings is 1. The molecule has 4 atom stereocenters. The monoisotopic (exact) mass is 537 g/mol. The minimum atomic E-state index is -0.0406. The summed E-state index contributed by atoms with van der Waals surface area (Å²) in [6, 6.07) is 5.93. The number of unbranched alkanes of at least 4 members (excludes halogenated alkanes) is 2. The second kappa shape index (κ2) is 13.8. The number of hydrogen-bond donors (Lipinski definition) is 1. The summed E-state index contributed by atoms with van der Waals surface area (Å²) in [7, 11) is 3.29. The van der Waals surface area contributed by atoms with Crippen molar-refractivity contribution in [3.63, 3.8) is 0 Å². The number of nitrogens with zero attached hydrogens (tertiary/aromatic N) is 2. The third-order valence-electron chi connectivity index (χ3n) is 9.17. The number of carbonyl (C=O) groups is 1. The van der Waals surface area contributed by atoms with Crippen molar-refractivity contribution in [3.8, 4) is 11.5 Å². The van der Waals surface area contributed by atoms with Gasteiger partial charge in [0.25, 0.3) is 0 Å². The van der Waals surface area contributed by atoms with Crippen LogP contribution in [0.25, 0.3) is 0 Å². The zero-order valence-corrected chi connectivity index (χ0v) is 23.9. The Labute approximate surface area is 234 Å². The van der Waals surface area contributed by atoms with Gasteiger partial charge >= 0.3 is 0 Å². The molecule has 0 aromatic heterocycles. The Bertz CT molecular complexity index is 1020. The molecule has 1 saturated carbocycles. The fourth-order valence-electron chi connectivity index (χ4n) is 6.95. The Morgan fingerprint density at radius 3 is 2.54 bits per heavy atom. The maximum Gasteiger partial charge on any atom is 0.246 e. The topological polar surface area (TPSA) is 72.4 Å². The van der Waals surface area contributed by atoms with Gasteiger partial charge < -0.3 is 19.5 Å². The number of carbonyl (C=O) groups excluding carboxylic acids is 1. The number of hydrogen-bond acceptors (Lipinski definition) is 6. The maximum atomic E-state index is 13.3. The lowest BCUT2D eigenvalue weighted by molar-refractivity contribution is -0.137. The van der Waals surface area contributed by atoms with E-state index in [9.17, 15) is 4.79 Å². The van der Waals surface area contributed by atoms with Crippen molar-refractivity contribution >= 4 is 11.6 Å². The SMILES string of the molecule is COc1ccc(C2=NN(CCCCCNCC3CCC(C4CCCCC4)O3)C(=O)C3CC=CCC23)cc1OC. The van der Waals surface area contributed by atoms with Gasteiger partial charge in [-0.2, -0.15) is 5.10 Å². The molecule has 4 aliphatic rings. The smallest absolute Gasteiger partial charge is 0.246 e. The first-order chi connectivity index (χ1) is 19.2. The van der Waals surface area contributed by atoms with E-state index in [0.29, 0.717) is 30.3 Å². The number of allylic oxidation sites excluding steroid dienone is 2. The van der Waals surface area contributed by atoms with Crippen molar-refractivity contribution in [2.45, 2.75) is 89.3 Å². The quantitative estimate of drug-likeness (QED) is 0.273. The minimum absolute atomic E-state index is 0.0406. The van der Waals surface area contributed by atoms with E-state index in [2.05, 4.69) is 17.5 Å². The molecule has 214 valence electrons. The number of amides is 1. The van der Waals surface area contributed by atoms with Crippen LogP contribution < -0.4 is 14.8 Å². The predicted octanol–water partition coefficient (Wildman–Crippen LogP) is 5.72. The van der Waals surface area contributed by atoms with Crippen LogP contribution in [0, 0.1) is 17.8 Å². The van der Waals surface area contributed by atoms with E-state index in [4.69, 9.17) is 19.3 Å². The standard InChI is InChI=1S/C32H47N3O4/c1-37-29-17-15-24(21-30(29)38-2)31-26-13-7-8-14-27(26)32(36)35(34-31)20-10-4-9-19-33-22-25-16-18-28(39-25)23-11-5-3-6-12-23/h7-8,15,17,21,23,25-28,33H,3-6,9-14,16,18-20,22H2,1-2H3. The number of fused-ring (bicyclic) bond motifs is 1. The second-order valence-electron chi connectivity index (χ2n) is 11.7. The molecule has 4 unspecified atom stereocenters. The summed E-state index contributed by atoms with van der Waals surface area (Å²) >= 11 is 0. The molecule has 39 heavy (non-hydrogen) atoms. The summed E-state index contributed by atoms with van der Waals surface area (Å²) in [6.45, 7) is 2.62. The van der Waals surface area contributed by atoms with Crippen molar-refractivity contribution in [2.75, 3.05) is 33.9 Å². The van der Waals surface area contributed by atoms with Crippen molar-refractivity contribution in [2.24, 2.45) is 22.9 Å². The summed E-state index contributed by atoms with van der Waals surface area (Å²) in [6.07, 6.45) is 19.3. The molecular formula is C32H47N3O4. The van der Waals surface area contributed by atoms with Crippen LogP contribution >= 0.6 is 0 Å². The van der Waals surface area contributed by atoms with Crippen LogP contribution in [-0.2, 0) is 9.53 Å². The number of nitrogens with one attached hydrogen (secondary N) is 1. The van der Waals surface area contributed by atoms with Crippen LogP contribution in [-0.4, -0.2) is 62.7 Å². The maximum absolute atomic E-state index is 13.3. The molecule has 7 heteroatoms. The number of methoxy groups -OCH3 is 2. The van der Waals surface area contributed by atoms with E-state index in [1.54, 1.807) is 19.2 Å². The number of ether oxygens (including phenoxy) is 3. The Kier molecular flexibility index (Phi) is 9.96. The average Bonchev–Trinajstić information content (AvgIpc) is 3.47. The van der Waals surface area contributed by atoms with Gasteiger partial charge in [0.05, 0.1) is 38.1 Å². The van der Waals surface area contributed by atoms with E-state index < -0.39 is 0 Å². The zero-order chi connectivity index (χ0) is 27.0. The zero-order valence-electron chi connectivity index (χ0n) is 23.9. The van der Waals surface area contributed by atoms with E-state index in [1.165, 1.54) is 44.9 Å². The van der Waals surface area contributed by atoms with Gasteiger partial charge in [-0.05, 0) is 82.0 Å². The molecule has 2 fully saturated rings. The fourth-order valence-corrected chi connectivity index (χ4v) is 6.95. The lowest BCUT2D eigenvalue weighted by atomic mass is 9.76. The van der Waals surface area contributed by atoms with Crippen LogP contribution in [0.4, 0.5) is 0 Å². The second-order valence-corrected chi connectivity index (χ2v) is 11.7. The molecule has 1 aromatic rings. The Hall–Kier alpha value is -2.38. The first kappa shape index (κ1) is 28.2. The van der Waals surface area contributed by atoms with Gasteiger partial charge in [-0.15, -0.1) is 0 Å². The van der Waals surface area contributed by atoms with Gasteiger partial charge in [-0.1, -0.05) is 37.8 Å². The van der Waals surface area contributed by atoms with E-state index in [0.717, 1.165) is 62.4 Å². The highest BCUT2D eigenvalue weighted by Crippen LogP contribution is 2.37. The Morgan fingerprint density at radius 2 is 1.74 bits per heavy atom. The van der Waals surface area contributed by atoms with Crippen LogP contribution in [0.3, 0.4) is 0 Å². The van der Waals surface area contributed by atoms with E-state index >= 15 is 0 Å². The summed E-state index contributed by atoms with van der Waals surface area (Å²) in [5, 5.41) is 10.3. The molecule has 0 radical (unpaired) electrons. The fraction of sp³-hybridized carbons (Fsp3) is 0.688. The molecule has 1 saturated heterocycles. The van der Waals surface area contributed by atoms with Gasteiger partial charge in [0.15, 0.2) is 11.5 Å². The Morgan fingerprint density at radius 1 is 0.949 bits per heavy atom. The third kappa shape index (κ3) is 6.86. The Balaban J connectivity index is 1.08. The van der Waals surface area contributed by atoms with Crippen molar-refractivity contribution in [1.29, 1.82) is 0 Å². The van der Waals surface area contributed by atoms with Crippen molar-refractivity contribution in [1.82, 2.24) is 10.3 Å². The molecule has 1 N–H and O–H groups in total. The van der Waals surface area contributed by atoms with Crippen LogP contribution in [0.1, 0.15) is 82.6 Å². The van der Waals surface area contributed by atoms with E-state index in [-0.39, 0.29) is 17.7 Å². The number of hydrazone groups is 1. The largest absolute Gasteiger partial charge is 0.493 e. The molecular weight excluding hydrogens is 490 g/mol. The first-order valence-electron chi connectivity index (χ1n) is 15.3. The normalized spacial score (nSPS) is 27.4. The molecule has 1 amide bonds. The van der Waals surface area contributed by atoms with Crippen LogP contribution in [0.5, 0.6) is 11.5 Å². The average molecular weight is 538 g/mol. The molecule has 1 aromatic carbocycles. The molecule has 7 nitrogen and oxygen atoms in total. The molecule has 2 aliphatic carbocycles. The van der Waals surface area contributed by atoms with Gasteiger partial charge in [0.2, 0.25) is 5.91 Å². The van der Waals surface area contributed by atoms with Gasteiger partial charge in [0.1, 0.15) is 0 Å². The summed E-state index contributed by atoms with van der Waals surface area (Å²) in [5.74, 6) is 2.42. The first-order valence-corrected chi connectivity index (χ1v) is 15.3. The van der Waals surface area contributed by atoms with Crippen molar-refractivity contribution < 1.29 is 19.0 Å². The highest BCUT2D eigenvalue weighted by molar-refractivity contribution is 6.07. The van der Waals surface area contributed by atoms with Gasteiger partial charge in [-0.25, -0.2) is 5.01 Å². The van der Waals surface area contributed by atoms with Gasteiger partial charge in [-0.3, -0.25) is 4.79 Å². The predicted molar refractivity (Wildman–Crippen MR) is 154 cm³/mol. The molecule has 5 rings (SSSR count). The minimum Gasteiger partial charge on any atom is -0.493 e. The van der Waals surface area contributed by atoms with E-state index in [1.807, 2.05) is 18.2 Å². The van der Waals surface area contributed by atoms with Gasteiger partial charge in [0, 0.05) is 24.6 Å². The molecule has 2 heterocycles. The van der Waals surface area contributed by atoms with Crippen LogP contribution in [0.15, 0.2) is 35.5 Å². The third-order valence-corrected chi connectivity index (χ3v) is 9.17. The highest BCUT2D eigenvalue weighted by Gasteiger charge is 2.40. The molecule has 0 bridgehead atoms. The molecule has 2 aliphatic heterocycles. The lowest BCUT2D eigenvalue weighted by Gasteiger charge is -2.37. The summed E-state index contributed by atoms with van der Waals surface area (Å²) < 4.78 is 17.4. The van der Waals surface area contributed by atoms with Crippen LogP contribution in [0.2, 0.25) is 0 Å².